The van der Waals surface area contributed by atoms with Crippen LogP contribution >= 0.6 is 11.6 Å². The molecule has 1 aromatic rings. The molecule has 1 atom stereocenters. The Labute approximate surface area is 108 Å². The molecule has 1 fully saturated rings. The maximum absolute atomic E-state index is 5.79. The molecule has 0 saturated carbocycles. The molecule has 1 aliphatic rings. The normalized spacial score (nSPS) is 21.5. The molecular formula is C13H20ClN3. The Bertz CT molecular complexity index is 331. The summed E-state index contributed by atoms with van der Waals surface area (Å²) in [6.07, 6.45) is 5.66. The number of rotatable bonds is 3. The first-order chi connectivity index (χ1) is 8.25. The first-order valence-corrected chi connectivity index (χ1v) is 6.65. The van der Waals surface area contributed by atoms with E-state index in [1.54, 1.807) is 0 Å². The summed E-state index contributed by atoms with van der Waals surface area (Å²) >= 11 is 5.79. The molecule has 2 rings (SSSR count). The lowest BCUT2D eigenvalue weighted by Gasteiger charge is -2.26. The van der Waals surface area contributed by atoms with E-state index in [0.29, 0.717) is 11.2 Å². The topological polar surface area (TPSA) is 28.2 Å². The number of nitrogens with zero attached hydrogens (tertiary/aromatic N) is 2. The van der Waals surface area contributed by atoms with Gasteiger partial charge in [-0.15, -0.1) is 0 Å². The van der Waals surface area contributed by atoms with Gasteiger partial charge >= 0.3 is 0 Å². The smallest absolute Gasteiger partial charge is 0.129 e. The molecule has 2 heterocycles. The van der Waals surface area contributed by atoms with Gasteiger partial charge in [0.1, 0.15) is 5.15 Å². The zero-order valence-corrected chi connectivity index (χ0v) is 11.1. The van der Waals surface area contributed by atoms with E-state index in [2.05, 4.69) is 28.3 Å². The van der Waals surface area contributed by atoms with Crippen LogP contribution in [0.15, 0.2) is 18.3 Å². The van der Waals surface area contributed by atoms with Crippen LogP contribution in [-0.4, -0.2) is 36.1 Å². The Morgan fingerprint density at radius 2 is 2.29 bits per heavy atom. The zero-order valence-electron chi connectivity index (χ0n) is 10.3. The van der Waals surface area contributed by atoms with Crippen LogP contribution in [0.4, 0.5) is 0 Å². The quantitative estimate of drug-likeness (QED) is 0.838. The minimum absolute atomic E-state index is 0.565. The van der Waals surface area contributed by atoms with Crippen LogP contribution in [0.25, 0.3) is 0 Å². The van der Waals surface area contributed by atoms with E-state index >= 15 is 0 Å². The van der Waals surface area contributed by atoms with Gasteiger partial charge in [0.15, 0.2) is 0 Å². The van der Waals surface area contributed by atoms with Crippen LogP contribution in [0, 0.1) is 0 Å². The van der Waals surface area contributed by atoms with E-state index in [0.717, 1.165) is 19.6 Å². The Morgan fingerprint density at radius 1 is 1.41 bits per heavy atom. The Balaban J connectivity index is 1.90. The predicted octanol–water partition coefficient (Wildman–Crippen LogP) is 2.31. The predicted molar refractivity (Wildman–Crippen MR) is 71.2 cm³/mol. The van der Waals surface area contributed by atoms with Crippen LogP contribution in [0.5, 0.6) is 0 Å². The summed E-state index contributed by atoms with van der Waals surface area (Å²) in [6, 6.07) is 4.60. The molecule has 1 N–H and O–H groups in total. The number of aromatic nitrogens is 1. The van der Waals surface area contributed by atoms with Gasteiger partial charge in [-0.25, -0.2) is 4.98 Å². The zero-order chi connectivity index (χ0) is 12.1. The number of halogens is 1. The molecule has 3 nitrogen and oxygen atoms in total. The highest BCUT2D eigenvalue weighted by molar-refractivity contribution is 6.29. The van der Waals surface area contributed by atoms with Crippen molar-refractivity contribution in [3.63, 3.8) is 0 Å². The maximum atomic E-state index is 5.79. The molecule has 94 valence electrons. The van der Waals surface area contributed by atoms with Crippen LogP contribution in [0.2, 0.25) is 5.15 Å². The molecule has 0 aromatic carbocycles. The molecule has 0 amide bonds. The highest BCUT2D eigenvalue weighted by Crippen LogP contribution is 2.15. The van der Waals surface area contributed by atoms with Gasteiger partial charge in [-0.2, -0.15) is 0 Å². The van der Waals surface area contributed by atoms with Gasteiger partial charge in [0.25, 0.3) is 0 Å². The standard InChI is InChI=1S/C13H20ClN3/c1-17(12-3-2-7-15-8-6-12)10-11-4-5-13(14)16-9-11/h4-5,9,12,15H,2-3,6-8,10H2,1H3. The Hall–Kier alpha value is -0.640. The van der Waals surface area contributed by atoms with E-state index in [-0.39, 0.29) is 0 Å². The lowest BCUT2D eigenvalue weighted by atomic mass is 10.1. The fourth-order valence-electron chi connectivity index (χ4n) is 2.36. The average molecular weight is 254 g/mol. The van der Waals surface area contributed by atoms with Crippen molar-refractivity contribution in [3.05, 3.63) is 29.0 Å². The van der Waals surface area contributed by atoms with Crippen LogP contribution in [0.3, 0.4) is 0 Å². The third-order valence-corrected chi connectivity index (χ3v) is 3.61. The number of pyridine rings is 1. The molecule has 1 unspecified atom stereocenters. The second-order valence-corrected chi connectivity index (χ2v) is 5.13. The lowest BCUT2D eigenvalue weighted by Crippen LogP contribution is -2.32. The Morgan fingerprint density at radius 3 is 3.06 bits per heavy atom. The van der Waals surface area contributed by atoms with Crippen molar-refractivity contribution in [2.24, 2.45) is 0 Å². The van der Waals surface area contributed by atoms with Crippen LogP contribution in [0.1, 0.15) is 24.8 Å². The number of nitrogens with one attached hydrogen (secondary N) is 1. The van der Waals surface area contributed by atoms with Crippen molar-refractivity contribution in [2.45, 2.75) is 31.8 Å². The molecule has 4 heteroatoms. The highest BCUT2D eigenvalue weighted by Gasteiger charge is 2.16. The maximum Gasteiger partial charge on any atom is 0.129 e. The molecule has 0 aliphatic carbocycles. The van der Waals surface area contributed by atoms with Gasteiger partial charge in [0, 0.05) is 18.8 Å². The van der Waals surface area contributed by atoms with E-state index < -0.39 is 0 Å². The number of hydrogen-bond donors (Lipinski definition) is 1. The Kier molecular flexibility index (Phi) is 4.77. The minimum atomic E-state index is 0.565. The fraction of sp³-hybridized carbons (Fsp3) is 0.615. The summed E-state index contributed by atoms with van der Waals surface area (Å²) in [4.78, 5) is 6.55. The molecule has 1 aromatic heterocycles. The molecular weight excluding hydrogens is 234 g/mol. The van der Waals surface area contributed by atoms with Gasteiger partial charge in [0.05, 0.1) is 0 Å². The van der Waals surface area contributed by atoms with Crippen molar-refractivity contribution >= 4 is 11.6 Å². The van der Waals surface area contributed by atoms with Crippen molar-refractivity contribution in [3.8, 4) is 0 Å². The summed E-state index contributed by atoms with van der Waals surface area (Å²) in [7, 11) is 2.20. The van der Waals surface area contributed by atoms with Gasteiger partial charge < -0.3 is 5.32 Å². The van der Waals surface area contributed by atoms with E-state index in [9.17, 15) is 0 Å². The van der Waals surface area contributed by atoms with E-state index in [1.807, 2.05) is 12.3 Å². The molecule has 0 spiro atoms. The molecule has 17 heavy (non-hydrogen) atoms. The van der Waals surface area contributed by atoms with Crippen molar-refractivity contribution < 1.29 is 0 Å². The van der Waals surface area contributed by atoms with Crippen molar-refractivity contribution in [1.82, 2.24) is 15.2 Å². The van der Waals surface area contributed by atoms with Crippen LogP contribution in [-0.2, 0) is 6.54 Å². The number of hydrogen-bond acceptors (Lipinski definition) is 3. The SMILES string of the molecule is CN(Cc1ccc(Cl)nc1)C1CCCNCC1. The van der Waals surface area contributed by atoms with E-state index in [1.165, 1.54) is 24.8 Å². The summed E-state index contributed by atoms with van der Waals surface area (Å²) < 4.78 is 0. The third kappa shape index (κ3) is 3.95. The van der Waals surface area contributed by atoms with Crippen LogP contribution < -0.4 is 5.32 Å². The van der Waals surface area contributed by atoms with Gasteiger partial charge in [0.2, 0.25) is 0 Å². The summed E-state index contributed by atoms with van der Waals surface area (Å²) in [6.45, 7) is 3.25. The van der Waals surface area contributed by atoms with Crippen molar-refractivity contribution in [2.75, 3.05) is 20.1 Å². The second kappa shape index (κ2) is 6.34. The lowest BCUT2D eigenvalue weighted by molar-refractivity contribution is 0.216. The third-order valence-electron chi connectivity index (χ3n) is 3.39. The first kappa shape index (κ1) is 12.8. The summed E-state index contributed by atoms with van der Waals surface area (Å²) in [5.74, 6) is 0. The van der Waals surface area contributed by atoms with Gasteiger partial charge in [-0.05, 0) is 51.0 Å². The first-order valence-electron chi connectivity index (χ1n) is 6.27. The summed E-state index contributed by atoms with van der Waals surface area (Å²) in [5.41, 5.74) is 1.23. The fourth-order valence-corrected chi connectivity index (χ4v) is 2.47. The largest absolute Gasteiger partial charge is 0.317 e. The molecule has 1 saturated heterocycles. The minimum Gasteiger partial charge on any atom is -0.317 e. The highest BCUT2D eigenvalue weighted by atomic mass is 35.5. The average Bonchev–Trinajstić information content (AvgIpc) is 2.61. The van der Waals surface area contributed by atoms with Gasteiger partial charge in [-0.3, -0.25) is 4.90 Å². The van der Waals surface area contributed by atoms with E-state index in [4.69, 9.17) is 11.6 Å². The van der Waals surface area contributed by atoms with Crippen molar-refractivity contribution in [1.29, 1.82) is 0 Å². The second-order valence-electron chi connectivity index (χ2n) is 4.74. The monoisotopic (exact) mass is 253 g/mol. The molecule has 0 radical (unpaired) electrons. The summed E-state index contributed by atoms with van der Waals surface area (Å²) in [5, 5.41) is 4.01. The molecule has 0 bridgehead atoms. The molecule has 1 aliphatic heterocycles. The van der Waals surface area contributed by atoms with Gasteiger partial charge in [-0.1, -0.05) is 17.7 Å².